The molecule has 0 fully saturated rings. The van der Waals surface area contributed by atoms with Gasteiger partial charge in [-0.2, -0.15) is 0 Å². The second kappa shape index (κ2) is 10.8. The van der Waals surface area contributed by atoms with Gasteiger partial charge in [-0.3, -0.25) is 0 Å². The van der Waals surface area contributed by atoms with Crippen LogP contribution in [-0.4, -0.2) is 26.2 Å². The van der Waals surface area contributed by atoms with Crippen LogP contribution in [0, 0.1) is 6.92 Å². The van der Waals surface area contributed by atoms with E-state index in [4.69, 9.17) is 4.74 Å². The van der Waals surface area contributed by atoms with Gasteiger partial charge < -0.3 is 9.84 Å². The van der Waals surface area contributed by atoms with Crippen molar-refractivity contribution in [3.63, 3.8) is 0 Å². The van der Waals surface area contributed by atoms with Crippen LogP contribution in [0.1, 0.15) is 63.5 Å². The first kappa shape index (κ1) is 21.9. The van der Waals surface area contributed by atoms with Gasteiger partial charge in [0.25, 0.3) is 0 Å². The molecule has 0 radical (unpaired) electrons. The minimum absolute atomic E-state index is 0.244. The second-order valence-electron chi connectivity index (χ2n) is 7.98. The van der Waals surface area contributed by atoms with E-state index < -0.39 is 0 Å². The van der Waals surface area contributed by atoms with Crippen molar-refractivity contribution in [2.75, 3.05) is 0 Å². The summed E-state index contributed by atoms with van der Waals surface area (Å²) in [7, 11) is 0. The van der Waals surface area contributed by atoms with E-state index in [0.717, 1.165) is 35.9 Å². The molecule has 2 aromatic carbocycles. The lowest BCUT2D eigenvalue weighted by Crippen LogP contribution is -2.03. The van der Waals surface area contributed by atoms with Gasteiger partial charge in [0.05, 0.1) is 12.4 Å². The monoisotopic (exact) mass is 407 g/mol. The number of aromatic nitrogens is 3. The third-order valence-corrected chi connectivity index (χ3v) is 5.37. The van der Waals surface area contributed by atoms with Crippen molar-refractivity contribution in [1.29, 1.82) is 0 Å². The summed E-state index contributed by atoms with van der Waals surface area (Å²) in [5.41, 5.74) is 4.38. The molecule has 1 N–H and O–H groups in total. The van der Waals surface area contributed by atoms with Crippen LogP contribution >= 0.6 is 0 Å². The summed E-state index contributed by atoms with van der Waals surface area (Å²) in [4.78, 5) is 1.55. The Hall–Kier alpha value is -2.82. The maximum Gasteiger partial charge on any atom is 0.146 e. The first-order valence-corrected chi connectivity index (χ1v) is 11.0. The number of hydrogen-bond acceptors (Lipinski definition) is 4. The Labute approximate surface area is 179 Å². The lowest BCUT2D eigenvalue weighted by molar-refractivity contribution is 0.149. The number of fused-ring (bicyclic) bond motifs is 1. The van der Waals surface area contributed by atoms with Crippen molar-refractivity contribution in [3.05, 3.63) is 59.9 Å². The van der Waals surface area contributed by atoms with E-state index >= 15 is 0 Å². The minimum Gasteiger partial charge on any atom is -0.505 e. The number of unbranched alkanes of at least 4 members (excludes halogenated alkanes) is 4. The minimum atomic E-state index is 0.244. The SMILES string of the molecule is CC=COC(C)CCCCCCCc1cc(C)c(O)c(-n2nc3ccccc3n2)c1. The largest absolute Gasteiger partial charge is 0.505 e. The van der Waals surface area contributed by atoms with Crippen molar-refractivity contribution in [2.45, 2.75) is 71.8 Å². The summed E-state index contributed by atoms with van der Waals surface area (Å²) in [5, 5.41) is 19.6. The first-order valence-electron chi connectivity index (χ1n) is 11.0. The summed E-state index contributed by atoms with van der Waals surface area (Å²) < 4.78 is 5.55. The van der Waals surface area contributed by atoms with Gasteiger partial charge in [-0.15, -0.1) is 15.0 Å². The summed E-state index contributed by atoms with van der Waals surface area (Å²) in [6.07, 6.45) is 12.2. The van der Waals surface area contributed by atoms with E-state index in [0.29, 0.717) is 11.8 Å². The van der Waals surface area contributed by atoms with E-state index in [9.17, 15) is 5.11 Å². The van der Waals surface area contributed by atoms with E-state index in [1.165, 1.54) is 31.2 Å². The molecule has 3 rings (SSSR count). The van der Waals surface area contributed by atoms with Gasteiger partial charge in [-0.05, 0) is 75.8 Å². The molecule has 3 aromatic rings. The maximum absolute atomic E-state index is 10.6. The van der Waals surface area contributed by atoms with Crippen molar-refractivity contribution in [1.82, 2.24) is 15.0 Å². The molecule has 0 saturated carbocycles. The molecule has 1 aromatic heterocycles. The Kier molecular flexibility index (Phi) is 7.89. The zero-order chi connectivity index (χ0) is 21.3. The quantitative estimate of drug-likeness (QED) is 0.301. The standard InChI is InChI=1S/C25H33N3O2/c1-4-16-30-20(3)12-8-6-5-7-9-13-21-17-19(2)25(29)24(18-21)28-26-22-14-10-11-15-23(22)27-28/h4,10-11,14-18,20,29H,5-9,12-13H2,1-3H3. The first-order chi connectivity index (χ1) is 14.6. The molecule has 5 heteroatoms. The lowest BCUT2D eigenvalue weighted by atomic mass is 10.0. The van der Waals surface area contributed by atoms with Gasteiger partial charge in [0.2, 0.25) is 0 Å². The van der Waals surface area contributed by atoms with Crippen LogP contribution in [0.2, 0.25) is 0 Å². The van der Waals surface area contributed by atoms with Gasteiger partial charge in [0.15, 0.2) is 0 Å². The van der Waals surface area contributed by atoms with E-state index in [1.807, 2.05) is 50.3 Å². The molecule has 0 aliphatic rings. The second-order valence-corrected chi connectivity index (χ2v) is 7.98. The highest BCUT2D eigenvalue weighted by molar-refractivity contribution is 5.73. The smallest absolute Gasteiger partial charge is 0.146 e. The molecule has 0 aliphatic heterocycles. The normalized spacial score (nSPS) is 12.6. The summed E-state index contributed by atoms with van der Waals surface area (Å²) in [5.74, 6) is 0.244. The molecule has 1 atom stereocenters. The van der Waals surface area contributed by atoms with Crippen LogP contribution in [0.25, 0.3) is 16.7 Å². The number of hydrogen-bond donors (Lipinski definition) is 1. The van der Waals surface area contributed by atoms with Crippen LogP contribution in [-0.2, 0) is 11.2 Å². The van der Waals surface area contributed by atoms with Gasteiger partial charge in [-0.1, -0.05) is 43.5 Å². The van der Waals surface area contributed by atoms with E-state index in [1.54, 1.807) is 11.1 Å². The molecule has 0 spiro atoms. The lowest BCUT2D eigenvalue weighted by Gasteiger charge is -2.11. The van der Waals surface area contributed by atoms with Crippen LogP contribution in [0.15, 0.2) is 48.7 Å². The highest BCUT2D eigenvalue weighted by Gasteiger charge is 2.12. The third kappa shape index (κ3) is 5.85. The van der Waals surface area contributed by atoms with Gasteiger partial charge in [-0.25, -0.2) is 0 Å². The van der Waals surface area contributed by atoms with Crippen LogP contribution in [0.3, 0.4) is 0 Å². The van der Waals surface area contributed by atoms with Crippen molar-refractivity contribution < 1.29 is 9.84 Å². The molecular formula is C25H33N3O2. The Bertz CT molecular complexity index is 945. The Balaban J connectivity index is 1.51. The summed E-state index contributed by atoms with van der Waals surface area (Å²) in [6.45, 7) is 6.03. The Morgan fingerprint density at radius 1 is 1.03 bits per heavy atom. The van der Waals surface area contributed by atoms with E-state index in [-0.39, 0.29) is 5.75 Å². The number of allylic oxidation sites excluding steroid dienone is 1. The average Bonchev–Trinajstić information content (AvgIpc) is 3.17. The number of nitrogens with zero attached hydrogens (tertiary/aromatic N) is 3. The van der Waals surface area contributed by atoms with Crippen LogP contribution in [0.4, 0.5) is 0 Å². The molecule has 30 heavy (non-hydrogen) atoms. The predicted octanol–water partition coefficient (Wildman–Crippen LogP) is 6.26. The third-order valence-electron chi connectivity index (χ3n) is 5.37. The molecule has 0 saturated heterocycles. The number of aryl methyl sites for hydroxylation is 2. The molecule has 0 bridgehead atoms. The van der Waals surface area contributed by atoms with Crippen molar-refractivity contribution >= 4 is 11.0 Å². The fraction of sp³-hybridized carbons (Fsp3) is 0.440. The molecule has 0 aliphatic carbocycles. The topological polar surface area (TPSA) is 60.2 Å². The summed E-state index contributed by atoms with van der Waals surface area (Å²) in [6, 6.07) is 11.8. The molecule has 5 nitrogen and oxygen atoms in total. The average molecular weight is 408 g/mol. The van der Waals surface area contributed by atoms with Gasteiger partial charge in [0, 0.05) is 0 Å². The molecule has 0 amide bonds. The molecule has 1 unspecified atom stereocenters. The number of aromatic hydroxyl groups is 1. The molecule has 160 valence electrons. The van der Waals surface area contributed by atoms with Crippen LogP contribution in [0.5, 0.6) is 5.75 Å². The fourth-order valence-electron chi connectivity index (χ4n) is 3.67. The number of phenolic OH excluding ortho intramolecular Hbond substituents is 1. The van der Waals surface area contributed by atoms with Crippen molar-refractivity contribution in [3.8, 4) is 11.4 Å². The fourth-order valence-corrected chi connectivity index (χ4v) is 3.67. The predicted molar refractivity (Wildman–Crippen MR) is 122 cm³/mol. The number of phenols is 1. The Morgan fingerprint density at radius 3 is 2.40 bits per heavy atom. The summed E-state index contributed by atoms with van der Waals surface area (Å²) >= 11 is 0. The van der Waals surface area contributed by atoms with E-state index in [2.05, 4.69) is 23.2 Å². The maximum atomic E-state index is 10.6. The van der Waals surface area contributed by atoms with Gasteiger partial charge in [0.1, 0.15) is 22.5 Å². The molecule has 1 heterocycles. The number of ether oxygens (including phenoxy) is 1. The highest BCUT2D eigenvalue weighted by Crippen LogP contribution is 2.28. The van der Waals surface area contributed by atoms with Crippen molar-refractivity contribution in [2.24, 2.45) is 0 Å². The highest BCUT2D eigenvalue weighted by atomic mass is 16.5. The Morgan fingerprint density at radius 2 is 1.70 bits per heavy atom. The van der Waals surface area contributed by atoms with Crippen LogP contribution < -0.4 is 0 Å². The number of rotatable bonds is 11. The van der Waals surface area contributed by atoms with Gasteiger partial charge >= 0.3 is 0 Å². The zero-order valence-corrected chi connectivity index (χ0v) is 18.3. The molecular weight excluding hydrogens is 374 g/mol. The number of benzene rings is 2. The zero-order valence-electron chi connectivity index (χ0n) is 18.3.